The number of esters is 1. The zero-order chi connectivity index (χ0) is 38.9. The number of aliphatic hydroxyl groups is 8. The van der Waals surface area contributed by atoms with Crippen molar-refractivity contribution in [3.8, 4) is 34.3 Å². The maximum atomic E-state index is 13.1. The maximum Gasteiger partial charge on any atom is 0.308 e. The largest absolute Gasteiger partial charge is 0.507 e. The number of aromatic hydroxyl groups is 2. The Balaban J connectivity index is 1.35. The number of phenolic OH excluding ortho intramolecular Hbond substituents is 2. The summed E-state index contributed by atoms with van der Waals surface area (Å²) in [4.78, 5) is 36.2. The van der Waals surface area contributed by atoms with Gasteiger partial charge in [-0.25, -0.2) is 0 Å². The van der Waals surface area contributed by atoms with Crippen molar-refractivity contribution in [2.75, 3.05) is 13.2 Å². The van der Waals surface area contributed by atoms with Crippen LogP contribution in [0.15, 0.2) is 45.6 Å². The summed E-state index contributed by atoms with van der Waals surface area (Å²) in [7, 11) is 0. The van der Waals surface area contributed by atoms with Crippen LogP contribution in [0, 0.1) is 0 Å². The van der Waals surface area contributed by atoms with Gasteiger partial charge in [0, 0.05) is 23.8 Å². The fraction of sp³-hybridized carbons (Fsp3) is 0.485. The summed E-state index contributed by atoms with van der Waals surface area (Å²) in [5, 5.41) is 111. The van der Waals surface area contributed by atoms with Gasteiger partial charge in [0.1, 0.15) is 83.7 Å². The summed E-state index contributed by atoms with van der Waals surface area (Å²) in [6.07, 6.45) is -18.6. The van der Waals surface area contributed by atoms with E-state index in [-0.39, 0.29) is 33.8 Å². The SMILES string of the molecule is C[C@@](O)(CC(=O)O)CC(=O)OC[C@H]1O[C@@H](Oc2cc(-c3cc(=O)c4c(O)cc(O[C@@H]5O[C@H](CO)[C@@H](O)[C@H](O)[C@H]5O)cc4o3)ccc2O)[C@H](O)[C@@H](O)[C@@H]1O. The lowest BCUT2D eigenvalue weighted by Crippen LogP contribution is -2.60. The van der Waals surface area contributed by atoms with Crippen molar-refractivity contribution in [1.82, 2.24) is 0 Å². The first-order valence-electron chi connectivity index (χ1n) is 16.0. The van der Waals surface area contributed by atoms with Gasteiger partial charge in [-0.3, -0.25) is 14.4 Å². The lowest BCUT2D eigenvalue weighted by molar-refractivity contribution is -0.278. The van der Waals surface area contributed by atoms with Crippen molar-refractivity contribution < 1.29 is 93.9 Å². The van der Waals surface area contributed by atoms with E-state index in [2.05, 4.69) is 0 Å². The number of phenols is 2. The first kappa shape index (κ1) is 39.6. The topological polar surface area (TPSA) is 333 Å². The minimum Gasteiger partial charge on any atom is -0.507 e. The summed E-state index contributed by atoms with van der Waals surface area (Å²) in [5.74, 6) is -4.31. The van der Waals surface area contributed by atoms with E-state index < -0.39 is 122 Å². The molecule has 11 N–H and O–H groups in total. The third-order valence-electron chi connectivity index (χ3n) is 8.51. The summed E-state index contributed by atoms with van der Waals surface area (Å²) < 4.78 is 32.8. The van der Waals surface area contributed by atoms with E-state index in [1.165, 1.54) is 6.07 Å². The van der Waals surface area contributed by atoms with Crippen molar-refractivity contribution in [2.24, 2.45) is 0 Å². The van der Waals surface area contributed by atoms with Crippen molar-refractivity contribution in [2.45, 2.75) is 86.8 Å². The number of fused-ring (bicyclic) bond motifs is 1. The van der Waals surface area contributed by atoms with Gasteiger partial charge < -0.3 is 84.3 Å². The van der Waals surface area contributed by atoms with Gasteiger partial charge in [0.15, 0.2) is 16.9 Å². The van der Waals surface area contributed by atoms with Gasteiger partial charge in [0.05, 0.1) is 25.0 Å². The van der Waals surface area contributed by atoms with Crippen molar-refractivity contribution in [3.63, 3.8) is 0 Å². The van der Waals surface area contributed by atoms with Crippen molar-refractivity contribution in [1.29, 1.82) is 0 Å². The Morgan fingerprint density at radius 2 is 1.42 bits per heavy atom. The number of benzene rings is 2. The lowest BCUT2D eigenvalue weighted by Gasteiger charge is -2.40. The molecule has 3 heterocycles. The van der Waals surface area contributed by atoms with Crippen LogP contribution in [0.2, 0.25) is 0 Å². The Morgan fingerprint density at radius 1 is 0.792 bits per heavy atom. The number of carbonyl (C=O) groups is 2. The van der Waals surface area contributed by atoms with Crippen molar-refractivity contribution in [3.05, 3.63) is 46.6 Å². The molecule has 2 aromatic carbocycles. The predicted octanol–water partition coefficient (Wildman–Crippen LogP) is -2.60. The van der Waals surface area contributed by atoms with Crippen LogP contribution >= 0.6 is 0 Å². The molecule has 0 radical (unpaired) electrons. The molecule has 0 aliphatic carbocycles. The average Bonchev–Trinajstić information content (AvgIpc) is 3.07. The summed E-state index contributed by atoms with van der Waals surface area (Å²) in [5.41, 5.74) is -2.85. The van der Waals surface area contributed by atoms with Gasteiger partial charge in [-0.1, -0.05) is 0 Å². The molecule has 11 atom stereocenters. The van der Waals surface area contributed by atoms with E-state index in [4.69, 9.17) is 33.2 Å². The second-order valence-electron chi connectivity index (χ2n) is 12.8. The molecule has 2 saturated heterocycles. The molecule has 0 amide bonds. The van der Waals surface area contributed by atoms with Crippen molar-refractivity contribution >= 4 is 22.9 Å². The molecule has 0 bridgehead atoms. The van der Waals surface area contributed by atoms with Gasteiger partial charge in [-0.2, -0.15) is 0 Å². The molecule has 2 fully saturated rings. The van der Waals surface area contributed by atoms with Crippen LogP contribution in [0.5, 0.6) is 23.0 Å². The van der Waals surface area contributed by atoms with Crippen LogP contribution in [0.3, 0.4) is 0 Å². The molecule has 0 spiro atoms. The van der Waals surface area contributed by atoms with Gasteiger partial charge in [-0.05, 0) is 25.1 Å². The number of carbonyl (C=O) groups excluding carboxylic acids is 1. The highest BCUT2D eigenvalue weighted by molar-refractivity contribution is 5.86. The molecule has 2 aliphatic heterocycles. The number of ether oxygens (including phenoxy) is 5. The molecule has 20 heteroatoms. The highest BCUT2D eigenvalue weighted by atomic mass is 16.7. The van der Waals surface area contributed by atoms with E-state index in [0.29, 0.717) is 0 Å². The van der Waals surface area contributed by atoms with Gasteiger partial charge in [0.25, 0.3) is 0 Å². The number of aliphatic hydroxyl groups excluding tert-OH is 7. The third-order valence-corrected chi connectivity index (χ3v) is 8.51. The number of hydrogen-bond donors (Lipinski definition) is 11. The molecular weight excluding hydrogens is 716 g/mol. The van der Waals surface area contributed by atoms with Crippen LogP contribution in [0.25, 0.3) is 22.3 Å². The fourth-order valence-corrected chi connectivity index (χ4v) is 5.72. The Bertz CT molecular complexity index is 1860. The van der Waals surface area contributed by atoms with Gasteiger partial charge in [-0.15, -0.1) is 0 Å². The minimum absolute atomic E-state index is 0.0846. The number of hydrogen-bond acceptors (Lipinski definition) is 19. The van der Waals surface area contributed by atoms with Gasteiger partial charge >= 0.3 is 11.9 Å². The van der Waals surface area contributed by atoms with Crippen LogP contribution in [-0.2, 0) is 23.8 Å². The smallest absolute Gasteiger partial charge is 0.308 e. The number of aliphatic carboxylic acids is 1. The number of carboxylic acids is 1. The molecule has 53 heavy (non-hydrogen) atoms. The minimum atomic E-state index is -1.95. The second-order valence-corrected chi connectivity index (χ2v) is 12.8. The lowest BCUT2D eigenvalue weighted by atomic mass is 9.98. The maximum absolute atomic E-state index is 13.1. The standard InChI is InChI=1S/C33H38O20/c1-33(47,8-22(38)39)9-23(40)48-11-21-26(42)28(44)30(46)32(53-21)51-18-4-12(2-3-14(18)35)17-7-16(37)24-15(36)5-13(6-19(24)50-17)49-31-29(45)27(43)25(41)20(10-34)52-31/h2-7,20-21,25-32,34-36,41-47H,8-11H2,1H3,(H,38,39)/t20-,21-,25-,26-,27+,28+,29-,30-,31-,32-,33-/m1/s1. The average molecular weight is 755 g/mol. The van der Waals surface area contributed by atoms with E-state index in [0.717, 1.165) is 37.3 Å². The monoisotopic (exact) mass is 754 g/mol. The Morgan fingerprint density at radius 3 is 2.06 bits per heavy atom. The quantitative estimate of drug-likeness (QED) is 0.0844. The van der Waals surface area contributed by atoms with E-state index in [9.17, 15) is 65.4 Å². The highest BCUT2D eigenvalue weighted by Gasteiger charge is 2.47. The highest BCUT2D eigenvalue weighted by Crippen LogP contribution is 2.37. The van der Waals surface area contributed by atoms with E-state index >= 15 is 0 Å². The Kier molecular flexibility index (Phi) is 11.8. The predicted molar refractivity (Wildman–Crippen MR) is 171 cm³/mol. The second kappa shape index (κ2) is 15.8. The Hall–Kier alpha value is -4.61. The zero-order valence-electron chi connectivity index (χ0n) is 27.7. The third kappa shape index (κ3) is 8.79. The molecule has 3 aromatic rings. The van der Waals surface area contributed by atoms with Crippen LogP contribution in [0.4, 0.5) is 0 Å². The molecule has 290 valence electrons. The molecule has 1 aromatic heterocycles. The first-order chi connectivity index (χ1) is 24.9. The zero-order valence-corrected chi connectivity index (χ0v) is 27.7. The molecule has 2 aliphatic rings. The fourth-order valence-electron chi connectivity index (χ4n) is 5.72. The Labute approximate surface area is 297 Å². The van der Waals surface area contributed by atoms with Crippen LogP contribution < -0.4 is 14.9 Å². The normalized spacial score (nSPS) is 30.0. The van der Waals surface area contributed by atoms with Gasteiger partial charge in [0.2, 0.25) is 12.6 Å². The molecular formula is C33H38O20. The van der Waals surface area contributed by atoms with E-state index in [1.54, 1.807) is 0 Å². The number of rotatable bonds is 12. The molecule has 0 unspecified atom stereocenters. The molecule has 5 rings (SSSR count). The molecule has 0 saturated carbocycles. The van der Waals surface area contributed by atoms with E-state index in [1.807, 2.05) is 0 Å². The first-order valence-corrected chi connectivity index (χ1v) is 16.0. The number of carboxylic acid groups (broad SMARTS) is 1. The van der Waals surface area contributed by atoms with Crippen LogP contribution in [-0.4, -0.2) is 148 Å². The molecule has 20 nitrogen and oxygen atoms in total. The summed E-state index contributed by atoms with van der Waals surface area (Å²) in [6, 6.07) is 6.73. The summed E-state index contributed by atoms with van der Waals surface area (Å²) in [6.45, 7) is -0.348. The van der Waals surface area contributed by atoms with Crippen LogP contribution in [0.1, 0.15) is 19.8 Å². The summed E-state index contributed by atoms with van der Waals surface area (Å²) >= 11 is 0.